The molecular weight excluding hydrogens is 220 g/mol. The minimum Gasteiger partial charge on any atom is -0.481 e. The van der Waals surface area contributed by atoms with Crippen molar-refractivity contribution in [3.8, 4) is 0 Å². The van der Waals surface area contributed by atoms with Crippen LogP contribution >= 0.6 is 0 Å². The van der Waals surface area contributed by atoms with Crippen LogP contribution in [0.4, 0.5) is 4.79 Å². The molecule has 2 aliphatic rings. The van der Waals surface area contributed by atoms with Crippen LogP contribution in [0.1, 0.15) is 33.1 Å². The molecule has 2 fully saturated rings. The van der Waals surface area contributed by atoms with E-state index in [0.717, 1.165) is 12.8 Å². The number of urea groups is 1. The predicted octanol–water partition coefficient (Wildman–Crippen LogP) is 1.39. The summed E-state index contributed by atoms with van der Waals surface area (Å²) in [5.74, 6) is -0.803. The van der Waals surface area contributed by atoms with Crippen molar-refractivity contribution >= 4 is 12.0 Å². The second kappa shape index (κ2) is 4.20. The van der Waals surface area contributed by atoms with Crippen LogP contribution in [0.2, 0.25) is 0 Å². The molecule has 1 saturated carbocycles. The van der Waals surface area contributed by atoms with Crippen LogP contribution in [-0.4, -0.2) is 52.6 Å². The van der Waals surface area contributed by atoms with Gasteiger partial charge in [-0.1, -0.05) is 0 Å². The third kappa shape index (κ3) is 2.23. The molecule has 1 aliphatic carbocycles. The van der Waals surface area contributed by atoms with E-state index < -0.39 is 11.4 Å². The number of aliphatic carboxylic acids is 1. The molecule has 0 aromatic carbocycles. The van der Waals surface area contributed by atoms with E-state index >= 15 is 0 Å². The topological polar surface area (TPSA) is 60.9 Å². The molecule has 1 atom stereocenters. The van der Waals surface area contributed by atoms with Gasteiger partial charge in [0.25, 0.3) is 0 Å². The van der Waals surface area contributed by atoms with Gasteiger partial charge in [0.1, 0.15) is 0 Å². The lowest BCUT2D eigenvalue weighted by Gasteiger charge is -2.28. The Kier molecular flexibility index (Phi) is 3.02. The maximum Gasteiger partial charge on any atom is 0.320 e. The number of hydrogen-bond donors (Lipinski definition) is 1. The highest BCUT2D eigenvalue weighted by Crippen LogP contribution is 2.33. The molecule has 2 rings (SSSR count). The molecule has 1 N–H and O–H groups in total. The smallest absolute Gasteiger partial charge is 0.320 e. The number of carbonyl (C=O) groups is 2. The van der Waals surface area contributed by atoms with E-state index in [2.05, 4.69) is 0 Å². The predicted molar refractivity (Wildman–Crippen MR) is 62.7 cm³/mol. The Bertz CT molecular complexity index is 341. The second-order valence-corrected chi connectivity index (χ2v) is 5.34. The highest BCUT2D eigenvalue weighted by molar-refractivity contribution is 5.79. The Morgan fingerprint density at radius 1 is 1.47 bits per heavy atom. The molecule has 17 heavy (non-hydrogen) atoms. The molecule has 0 spiro atoms. The lowest BCUT2D eigenvalue weighted by molar-refractivity contribution is -0.147. The van der Waals surface area contributed by atoms with Gasteiger partial charge in [0.05, 0.1) is 5.41 Å². The van der Waals surface area contributed by atoms with Crippen LogP contribution in [0, 0.1) is 5.41 Å². The Balaban J connectivity index is 2.00. The van der Waals surface area contributed by atoms with Gasteiger partial charge in [-0.25, -0.2) is 4.79 Å². The van der Waals surface area contributed by atoms with Crippen molar-refractivity contribution in [3.63, 3.8) is 0 Å². The number of carbonyl (C=O) groups excluding carboxylic acids is 1. The third-order valence-corrected chi connectivity index (χ3v) is 3.83. The van der Waals surface area contributed by atoms with Crippen molar-refractivity contribution in [2.75, 3.05) is 19.6 Å². The van der Waals surface area contributed by atoms with Crippen LogP contribution in [0.15, 0.2) is 0 Å². The van der Waals surface area contributed by atoms with Crippen molar-refractivity contribution in [1.29, 1.82) is 0 Å². The van der Waals surface area contributed by atoms with E-state index in [0.29, 0.717) is 32.1 Å². The van der Waals surface area contributed by atoms with Gasteiger partial charge in [0, 0.05) is 25.7 Å². The Morgan fingerprint density at radius 2 is 2.12 bits per heavy atom. The van der Waals surface area contributed by atoms with Crippen LogP contribution in [-0.2, 0) is 4.79 Å². The van der Waals surface area contributed by atoms with Gasteiger partial charge in [-0.05, 0) is 33.1 Å². The highest BCUT2D eigenvalue weighted by atomic mass is 16.4. The van der Waals surface area contributed by atoms with E-state index in [9.17, 15) is 9.59 Å². The Hall–Kier alpha value is -1.26. The van der Waals surface area contributed by atoms with Gasteiger partial charge in [0.15, 0.2) is 0 Å². The maximum atomic E-state index is 12.2. The van der Waals surface area contributed by atoms with Crippen molar-refractivity contribution in [2.45, 2.75) is 39.2 Å². The summed E-state index contributed by atoms with van der Waals surface area (Å²) in [4.78, 5) is 26.9. The van der Waals surface area contributed by atoms with Gasteiger partial charge < -0.3 is 14.9 Å². The third-order valence-electron chi connectivity index (χ3n) is 3.83. The van der Waals surface area contributed by atoms with Gasteiger partial charge in [0.2, 0.25) is 0 Å². The Morgan fingerprint density at radius 3 is 2.53 bits per heavy atom. The molecule has 0 bridgehead atoms. The summed E-state index contributed by atoms with van der Waals surface area (Å²) in [5.41, 5.74) is -0.765. The summed E-state index contributed by atoms with van der Waals surface area (Å²) >= 11 is 0. The minimum absolute atomic E-state index is 0.0139. The zero-order valence-corrected chi connectivity index (χ0v) is 10.5. The molecule has 0 radical (unpaired) electrons. The van der Waals surface area contributed by atoms with E-state index in [1.54, 1.807) is 11.8 Å². The molecule has 5 heteroatoms. The first-order valence-electron chi connectivity index (χ1n) is 6.27. The molecular formula is C12H20N2O3. The minimum atomic E-state index is -0.803. The van der Waals surface area contributed by atoms with Crippen LogP contribution in [0.3, 0.4) is 0 Å². The van der Waals surface area contributed by atoms with E-state index in [4.69, 9.17) is 5.11 Å². The first kappa shape index (κ1) is 12.2. The van der Waals surface area contributed by atoms with E-state index in [1.807, 2.05) is 11.8 Å². The number of rotatable bonds is 3. The summed E-state index contributed by atoms with van der Waals surface area (Å²) in [5, 5.41) is 9.14. The van der Waals surface area contributed by atoms with Crippen molar-refractivity contribution in [3.05, 3.63) is 0 Å². The average Bonchev–Trinajstić information content (AvgIpc) is 3.02. The van der Waals surface area contributed by atoms with Gasteiger partial charge in [-0.15, -0.1) is 0 Å². The SMILES string of the molecule is CCN(C(=O)N1CCC(C)(C(=O)O)C1)C1CC1. The fourth-order valence-electron chi connectivity index (χ4n) is 2.42. The zero-order valence-electron chi connectivity index (χ0n) is 10.5. The molecule has 2 amide bonds. The standard InChI is InChI=1S/C12H20N2O3/c1-3-14(9-4-5-9)11(17)13-7-6-12(2,8-13)10(15)16/h9H,3-8H2,1-2H3,(H,15,16). The van der Waals surface area contributed by atoms with Gasteiger partial charge in [-0.2, -0.15) is 0 Å². The maximum absolute atomic E-state index is 12.2. The normalized spacial score (nSPS) is 28.2. The number of carboxylic acids is 1. The molecule has 1 aliphatic heterocycles. The van der Waals surface area contributed by atoms with Crippen LogP contribution in [0.25, 0.3) is 0 Å². The lowest BCUT2D eigenvalue weighted by atomic mass is 9.90. The molecule has 1 heterocycles. The summed E-state index contributed by atoms with van der Waals surface area (Å²) in [6.45, 7) is 5.30. The van der Waals surface area contributed by atoms with Crippen molar-refractivity contribution < 1.29 is 14.7 Å². The number of carboxylic acid groups (broad SMARTS) is 1. The molecule has 1 unspecified atom stereocenters. The fraction of sp³-hybridized carbons (Fsp3) is 0.833. The van der Waals surface area contributed by atoms with Crippen molar-refractivity contribution in [1.82, 2.24) is 9.80 Å². The summed E-state index contributed by atoms with van der Waals surface area (Å²) in [7, 11) is 0. The molecule has 5 nitrogen and oxygen atoms in total. The second-order valence-electron chi connectivity index (χ2n) is 5.34. The quantitative estimate of drug-likeness (QED) is 0.810. The van der Waals surface area contributed by atoms with E-state index in [-0.39, 0.29) is 6.03 Å². The summed E-state index contributed by atoms with van der Waals surface area (Å²) in [6.07, 6.45) is 2.73. The number of nitrogens with zero attached hydrogens (tertiary/aromatic N) is 2. The first-order chi connectivity index (χ1) is 7.98. The lowest BCUT2D eigenvalue weighted by Crippen LogP contribution is -2.44. The molecule has 0 aromatic heterocycles. The fourth-order valence-corrected chi connectivity index (χ4v) is 2.42. The van der Waals surface area contributed by atoms with E-state index in [1.165, 1.54) is 0 Å². The molecule has 1 saturated heterocycles. The monoisotopic (exact) mass is 240 g/mol. The average molecular weight is 240 g/mol. The highest BCUT2D eigenvalue weighted by Gasteiger charge is 2.44. The molecule has 96 valence electrons. The van der Waals surface area contributed by atoms with Crippen LogP contribution in [0.5, 0.6) is 0 Å². The number of likely N-dealkylation sites (tertiary alicyclic amines) is 1. The first-order valence-corrected chi connectivity index (χ1v) is 6.27. The Labute approximate surface area is 101 Å². The largest absolute Gasteiger partial charge is 0.481 e. The zero-order chi connectivity index (χ0) is 12.6. The summed E-state index contributed by atoms with van der Waals surface area (Å²) < 4.78 is 0. The van der Waals surface area contributed by atoms with Crippen molar-refractivity contribution in [2.24, 2.45) is 5.41 Å². The summed E-state index contributed by atoms with van der Waals surface area (Å²) in [6, 6.07) is 0.407. The van der Waals surface area contributed by atoms with Crippen LogP contribution < -0.4 is 0 Å². The number of amides is 2. The molecule has 0 aromatic rings. The van der Waals surface area contributed by atoms with Gasteiger partial charge in [-0.3, -0.25) is 4.79 Å². The number of hydrogen-bond acceptors (Lipinski definition) is 2. The van der Waals surface area contributed by atoms with Gasteiger partial charge >= 0.3 is 12.0 Å².